The lowest BCUT2D eigenvalue weighted by molar-refractivity contribution is 0.161. The van der Waals surface area contributed by atoms with Gasteiger partial charge in [-0.3, -0.25) is 0 Å². The Morgan fingerprint density at radius 2 is 1.71 bits per heavy atom. The molecule has 1 rings (SSSR count). The molecule has 24 heavy (non-hydrogen) atoms. The quantitative estimate of drug-likeness (QED) is 0.464. The lowest BCUT2D eigenvalue weighted by atomic mass is 9.86. The van der Waals surface area contributed by atoms with Crippen molar-refractivity contribution in [1.29, 1.82) is 0 Å². The number of hydrogen-bond acceptors (Lipinski definition) is 2. The monoisotopic (exact) mass is 348 g/mol. The third-order valence-electron chi connectivity index (χ3n) is 5.40. The first-order valence-electron chi connectivity index (χ1n) is 9.00. The van der Waals surface area contributed by atoms with Gasteiger partial charge < -0.3 is 9.53 Å². The van der Waals surface area contributed by atoms with Crippen LogP contribution in [0.5, 0.6) is 0 Å². The lowest BCUT2D eigenvalue weighted by Gasteiger charge is -2.38. The summed E-state index contributed by atoms with van der Waals surface area (Å²) in [6, 6.07) is 9.82. The molecule has 0 spiro atoms. The summed E-state index contributed by atoms with van der Waals surface area (Å²) >= 11 is 0. The average molecular weight is 349 g/mol. The summed E-state index contributed by atoms with van der Waals surface area (Å²) < 4.78 is 6.42. The van der Waals surface area contributed by atoms with E-state index in [0.29, 0.717) is 18.9 Å². The third kappa shape index (κ3) is 5.87. The summed E-state index contributed by atoms with van der Waals surface area (Å²) in [5.41, 5.74) is 2.03. The van der Waals surface area contributed by atoms with E-state index in [9.17, 15) is 5.11 Å². The van der Waals surface area contributed by atoms with Gasteiger partial charge in [0, 0.05) is 12.5 Å². The highest BCUT2D eigenvalue weighted by Crippen LogP contribution is 2.38. The largest absolute Gasteiger partial charge is 0.416 e. The van der Waals surface area contributed by atoms with Crippen molar-refractivity contribution in [3.05, 3.63) is 48.0 Å². The maximum atomic E-state index is 10.5. The van der Waals surface area contributed by atoms with Gasteiger partial charge in [-0.15, -0.1) is 0 Å². The van der Waals surface area contributed by atoms with Crippen molar-refractivity contribution >= 4 is 8.32 Å². The number of benzene rings is 1. The summed E-state index contributed by atoms with van der Waals surface area (Å²) in [5, 5.41) is 10.7. The van der Waals surface area contributed by atoms with Crippen molar-refractivity contribution in [3.8, 4) is 0 Å². The topological polar surface area (TPSA) is 29.5 Å². The van der Waals surface area contributed by atoms with Crippen LogP contribution in [-0.2, 0) is 4.43 Å². The van der Waals surface area contributed by atoms with Crippen LogP contribution in [0.25, 0.3) is 0 Å². The highest BCUT2D eigenvalue weighted by molar-refractivity contribution is 6.74. The predicted molar refractivity (Wildman–Crippen MR) is 107 cm³/mol. The molecule has 1 N–H and O–H groups in total. The van der Waals surface area contributed by atoms with Gasteiger partial charge in [0.1, 0.15) is 0 Å². The predicted octanol–water partition coefficient (Wildman–Crippen LogP) is 5.96. The van der Waals surface area contributed by atoms with Crippen LogP contribution in [0.15, 0.2) is 42.5 Å². The van der Waals surface area contributed by atoms with Crippen molar-refractivity contribution in [2.75, 3.05) is 6.61 Å². The molecular formula is C21H36O2Si. The molecule has 2 nitrogen and oxygen atoms in total. The molecule has 1 aromatic carbocycles. The molecule has 0 bridgehead atoms. The standard InChI is InChI=1S/C21H36O2Si/c1-16(2)19(15-23-24(7,8)21(4,5)6)17(3)14-20(22)18-12-10-9-11-13-18/h9-13,16,19-20,22H,3,14-15H2,1-2,4-8H3/t19-,20+/m0/s1. The number of aliphatic hydroxyl groups is 1. The second-order valence-electron chi connectivity index (χ2n) is 8.71. The first-order chi connectivity index (χ1) is 11.0. The minimum atomic E-state index is -1.77. The molecular weight excluding hydrogens is 312 g/mol. The highest BCUT2D eigenvalue weighted by atomic mass is 28.4. The molecule has 2 atom stereocenters. The van der Waals surface area contributed by atoms with Crippen molar-refractivity contribution in [1.82, 2.24) is 0 Å². The van der Waals surface area contributed by atoms with Gasteiger partial charge in [0.15, 0.2) is 8.32 Å². The molecule has 0 heterocycles. The molecule has 0 aromatic heterocycles. The Labute approximate surface area is 150 Å². The van der Waals surface area contributed by atoms with Gasteiger partial charge in [0.25, 0.3) is 0 Å². The van der Waals surface area contributed by atoms with E-state index in [-0.39, 0.29) is 11.0 Å². The number of aliphatic hydroxyl groups excluding tert-OH is 1. The van der Waals surface area contributed by atoms with E-state index in [1.54, 1.807) is 0 Å². The van der Waals surface area contributed by atoms with Crippen LogP contribution >= 0.6 is 0 Å². The van der Waals surface area contributed by atoms with Crippen molar-refractivity contribution in [2.45, 2.75) is 65.3 Å². The fourth-order valence-corrected chi connectivity index (χ4v) is 3.52. The normalized spacial score (nSPS) is 15.4. The molecule has 0 saturated carbocycles. The summed E-state index contributed by atoms with van der Waals surface area (Å²) in [6.07, 6.45) is 0.0982. The lowest BCUT2D eigenvalue weighted by Crippen LogP contribution is -2.42. The van der Waals surface area contributed by atoms with Crippen LogP contribution in [0.3, 0.4) is 0 Å². The van der Waals surface area contributed by atoms with Crippen LogP contribution < -0.4 is 0 Å². The van der Waals surface area contributed by atoms with Gasteiger partial charge >= 0.3 is 0 Å². The van der Waals surface area contributed by atoms with Crippen LogP contribution in [0.1, 0.15) is 52.7 Å². The van der Waals surface area contributed by atoms with E-state index in [1.165, 1.54) is 0 Å². The molecule has 0 aliphatic carbocycles. The molecule has 136 valence electrons. The molecule has 0 aliphatic rings. The first-order valence-corrected chi connectivity index (χ1v) is 11.9. The van der Waals surface area contributed by atoms with E-state index in [1.807, 2.05) is 30.3 Å². The van der Waals surface area contributed by atoms with Gasteiger partial charge in [-0.25, -0.2) is 0 Å². The summed E-state index contributed by atoms with van der Waals surface area (Å²) in [5.74, 6) is 0.725. The first kappa shape index (κ1) is 21.1. The van der Waals surface area contributed by atoms with Crippen molar-refractivity contribution in [3.63, 3.8) is 0 Å². The van der Waals surface area contributed by atoms with Crippen LogP contribution in [0.2, 0.25) is 18.1 Å². The Hall–Kier alpha value is -0.903. The van der Waals surface area contributed by atoms with Crippen molar-refractivity contribution in [2.24, 2.45) is 11.8 Å². The molecule has 0 saturated heterocycles. The number of rotatable bonds is 8. The second-order valence-corrected chi connectivity index (χ2v) is 13.5. The molecule has 0 radical (unpaired) electrons. The van der Waals surface area contributed by atoms with E-state index < -0.39 is 14.4 Å². The molecule has 3 heteroatoms. The molecule has 0 fully saturated rings. The summed E-state index contributed by atoms with van der Waals surface area (Å²) in [4.78, 5) is 0. The van der Waals surface area contributed by atoms with Crippen LogP contribution in [0.4, 0.5) is 0 Å². The molecule has 1 aromatic rings. The van der Waals surface area contributed by atoms with Gasteiger partial charge in [-0.1, -0.05) is 77.1 Å². The van der Waals surface area contributed by atoms with Crippen molar-refractivity contribution < 1.29 is 9.53 Å². The Morgan fingerprint density at radius 3 is 2.17 bits per heavy atom. The maximum absolute atomic E-state index is 10.5. The second kappa shape index (κ2) is 8.46. The molecule has 0 amide bonds. The van der Waals surface area contributed by atoms with E-state index in [4.69, 9.17) is 4.43 Å². The summed E-state index contributed by atoms with van der Waals surface area (Å²) in [6.45, 7) is 20.8. The minimum Gasteiger partial charge on any atom is -0.416 e. The SMILES string of the molecule is C=C(C[C@@H](O)c1ccccc1)[C@@H](CO[Si](C)(C)C(C)(C)C)C(C)C. The van der Waals surface area contributed by atoms with E-state index in [0.717, 1.165) is 11.1 Å². The fourth-order valence-electron chi connectivity index (χ4n) is 2.49. The summed E-state index contributed by atoms with van der Waals surface area (Å²) in [7, 11) is -1.77. The smallest absolute Gasteiger partial charge is 0.192 e. The maximum Gasteiger partial charge on any atom is 0.192 e. The van der Waals surface area contributed by atoms with Gasteiger partial charge in [0.05, 0.1) is 6.10 Å². The van der Waals surface area contributed by atoms with Gasteiger partial charge in [0.2, 0.25) is 0 Å². The Balaban J connectivity index is 2.73. The highest BCUT2D eigenvalue weighted by Gasteiger charge is 2.38. The number of hydrogen-bond donors (Lipinski definition) is 1. The Kier molecular flexibility index (Phi) is 7.45. The minimum absolute atomic E-state index is 0.208. The Bertz CT molecular complexity index is 514. The van der Waals surface area contributed by atoms with Crippen LogP contribution in [0, 0.1) is 11.8 Å². The zero-order valence-electron chi connectivity index (χ0n) is 16.6. The van der Waals surface area contributed by atoms with Crippen LogP contribution in [-0.4, -0.2) is 20.0 Å². The van der Waals surface area contributed by atoms with E-state index >= 15 is 0 Å². The fraction of sp³-hybridized carbons (Fsp3) is 0.619. The van der Waals surface area contributed by atoms with Gasteiger partial charge in [-0.05, 0) is 36.0 Å². The average Bonchev–Trinajstić information content (AvgIpc) is 2.46. The zero-order valence-corrected chi connectivity index (χ0v) is 17.6. The Morgan fingerprint density at radius 1 is 1.17 bits per heavy atom. The zero-order chi connectivity index (χ0) is 18.5. The van der Waals surface area contributed by atoms with Gasteiger partial charge in [-0.2, -0.15) is 0 Å². The molecule has 0 aliphatic heterocycles. The molecule has 0 unspecified atom stereocenters. The third-order valence-corrected chi connectivity index (χ3v) is 9.90. The van der Waals surface area contributed by atoms with E-state index in [2.05, 4.69) is 54.3 Å².